The second kappa shape index (κ2) is 9.06. The fourth-order valence-corrected chi connectivity index (χ4v) is 3.04. The smallest absolute Gasteiger partial charge is 0.195 e. The normalized spacial score (nSPS) is 10.7. The molecule has 1 aromatic heterocycles. The fraction of sp³-hybridized carbons (Fsp3) is 0.120. The molecule has 32 heavy (non-hydrogen) atoms. The van der Waals surface area contributed by atoms with E-state index in [2.05, 4.69) is 21.8 Å². The third kappa shape index (κ3) is 4.40. The van der Waals surface area contributed by atoms with E-state index in [0.717, 1.165) is 12.5 Å². The van der Waals surface area contributed by atoms with Gasteiger partial charge in [0.1, 0.15) is 5.82 Å². The highest BCUT2D eigenvalue weighted by molar-refractivity contribution is 5.84. The Morgan fingerprint density at radius 3 is 2.34 bits per heavy atom. The summed E-state index contributed by atoms with van der Waals surface area (Å²) in [6.07, 6.45) is 3.92. The SMILES string of the molecule is CCCOc1cnc(-c2ccc(C#Cc3ccc4c(F)c(F)c(F)cc4c3)c(F)c2)nc1. The Bertz CT molecular complexity index is 1360. The minimum absolute atomic E-state index is 0.0592. The number of hydrogen-bond donors (Lipinski definition) is 0. The third-order valence-electron chi connectivity index (χ3n) is 4.64. The van der Waals surface area contributed by atoms with Gasteiger partial charge in [0.25, 0.3) is 0 Å². The molecule has 3 nitrogen and oxygen atoms in total. The molecule has 0 saturated heterocycles. The van der Waals surface area contributed by atoms with Gasteiger partial charge in [-0.2, -0.15) is 0 Å². The topological polar surface area (TPSA) is 35.0 Å². The maximum atomic E-state index is 14.6. The lowest BCUT2D eigenvalue weighted by Gasteiger charge is -2.05. The summed E-state index contributed by atoms with van der Waals surface area (Å²) < 4.78 is 60.7. The van der Waals surface area contributed by atoms with Crippen molar-refractivity contribution in [1.82, 2.24) is 9.97 Å². The molecule has 0 aliphatic heterocycles. The zero-order valence-electron chi connectivity index (χ0n) is 16.9. The van der Waals surface area contributed by atoms with Gasteiger partial charge < -0.3 is 4.74 Å². The van der Waals surface area contributed by atoms with E-state index < -0.39 is 23.3 Å². The van der Waals surface area contributed by atoms with E-state index in [1.54, 1.807) is 6.07 Å². The second-order valence-corrected chi connectivity index (χ2v) is 6.96. The molecule has 160 valence electrons. The van der Waals surface area contributed by atoms with Gasteiger partial charge in [-0.25, -0.2) is 27.5 Å². The Morgan fingerprint density at radius 2 is 1.62 bits per heavy atom. The first-order valence-corrected chi connectivity index (χ1v) is 9.80. The number of fused-ring (bicyclic) bond motifs is 1. The van der Waals surface area contributed by atoms with E-state index in [1.807, 2.05) is 6.92 Å². The molecule has 0 aliphatic rings. The van der Waals surface area contributed by atoms with Crippen LogP contribution in [-0.4, -0.2) is 16.6 Å². The summed E-state index contributed by atoms with van der Waals surface area (Å²) in [6.45, 7) is 2.55. The van der Waals surface area contributed by atoms with Crippen molar-refractivity contribution in [2.75, 3.05) is 6.61 Å². The Hall–Kier alpha value is -3.92. The standard InChI is InChI=1S/C25H16F4N2O/c1-2-9-32-19-13-30-25(31-14-19)17-7-6-16(21(26)11-17)5-3-15-4-8-20-18(10-15)12-22(27)24(29)23(20)28/h4,6-8,10-14H,2,9H2,1H3. The van der Waals surface area contributed by atoms with Crippen molar-refractivity contribution in [3.63, 3.8) is 0 Å². The summed E-state index contributed by atoms with van der Waals surface area (Å²) in [6, 6.07) is 9.49. The number of hydrogen-bond acceptors (Lipinski definition) is 3. The van der Waals surface area contributed by atoms with Crippen molar-refractivity contribution in [2.24, 2.45) is 0 Å². The number of aromatic nitrogens is 2. The maximum Gasteiger partial charge on any atom is 0.195 e. The molecule has 0 radical (unpaired) electrons. The Kier molecular flexibility index (Phi) is 6.04. The molecule has 0 atom stereocenters. The molecular weight excluding hydrogens is 420 g/mol. The average Bonchev–Trinajstić information content (AvgIpc) is 2.80. The van der Waals surface area contributed by atoms with Crippen molar-refractivity contribution in [2.45, 2.75) is 13.3 Å². The largest absolute Gasteiger partial charge is 0.490 e. The van der Waals surface area contributed by atoms with Crippen LogP contribution in [0.2, 0.25) is 0 Å². The monoisotopic (exact) mass is 436 g/mol. The van der Waals surface area contributed by atoms with E-state index in [0.29, 0.717) is 29.3 Å². The number of benzene rings is 3. The molecule has 3 aromatic carbocycles. The predicted octanol–water partition coefficient (Wildman–Crippen LogP) is 6.04. The maximum absolute atomic E-state index is 14.6. The van der Waals surface area contributed by atoms with Crippen molar-refractivity contribution in [3.8, 4) is 29.0 Å². The van der Waals surface area contributed by atoms with Gasteiger partial charge in [0.2, 0.25) is 0 Å². The number of rotatable bonds is 4. The lowest BCUT2D eigenvalue weighted by Crippen LogP contribution is -1.97. The van der Waals surface area contributed by atoms with Gasteiger partial charge in [-0.15, -0.1) is 0 Å². The van der Waals surface area contributed by atoms with E-state index >= 15 is 0 Å². The van der Waals surface area contributed by atoms with E-state index in [1.165, 1.54) is 42.7 Å². The van der Waals surface area contributed by atoms with Crippen LogP contribution in [0, 0.1) is 35.1 Å². The highest BCUT2D eigenvalue weighted by Crippen LogP contribution is 2.24. The molecule has 0 aliphatic carbocycles. The van der Waals surface area contributed by atoms with Crippen LogP contribution < -0.4 is 4.74 Å². The summed E-state index contributed by atoms with van der Waals surface area (Å²) in [7, 11) is 0. The van der Waals surface area contributed by atoms with Crippen LogP contribution in [-0.2, 0) is 0 Å². The van der Waals surface area contributed by atoms with Gasteiger partial charge in [-0.05, 0) is 48.2 Å². The molecule has 0 bridgehead atoms. The fourth-order valence-electron chi connectivity index (χ4n) is 3.04. The van der Waals surface area contributed by atoms with Crippen molar-refractivity contribution in [3.05, 3.63) is 89.3 Å². The van der Waals surface area contributed by atoms with Crippen LogP contribution in [0.5, 0.6) is 5.75 Å². The molecule has 1 heterocycles. The predicted molar refractivity (Wildman–Crippen MR) is 113 cm³/mol. The van der Waals surface area contributed by atoms with Crippen LogP contribution in [0.25, 0.3) is 22.2 Å². The molecule has 4 aromatic rings. The first kappa shape index (κ1) is 21.3. The molecule has 0 unspecified atom stereocenters. The Labute approximate surface area is 181 Å². The molecule has 0 fully saturated rings. The molecule has 0 spiro atoms. The Balaban J connectivity index is 1.58. The summed E-state index contributed by atoms with van der Waals surface area (Å²) in [5, 5.41) is 0.101. The van der Waals surface area contributed by atoms with Crippen LogP contribution in [0.4, 0.5) is 17.6 Å². The van der Waals surface area contributed by atoms with Crippen LogP contribution in [0.15, 0.2) is 54.9 Å². The lowest BCUT2D eigenvalue weighted by atomic mass is 10.1. The summed E-state index contributed by atoms with van der Waals surface area (Å²) in [4.78, 5) is 8.38. The highest BCUT2D eigenvalue weighted by atomic mass is 19.2. The van der Waals surface area contributed by atoms with Crippen molar-refractivity contribution in [1.29, 1.82) is 0 Å². The first-order valence-electron chi connectivity index (χ1n) is 9.80. The quantitative estimate of drug-likeness (QED) is 0.222. The van der Waals surface area contributed by atoms with Gasteiger partial charge in [-0.1, -0.05) is 24.8 Å². The van der Waals surface area contributed by atoms with Gasteiger partial charge in [0.15, 0.2) is 29.0 Å². The van der Waals surface area contributed by atoms with Crippen molar-refractivity contribution < 1.29 is 22.3 Å². The molecule has 4 rings (SSSR count). The van der Waals surface area contributed by atoms with Crippen LogP contribution in [0.3, 0.4) is 0 Å². The number of nitrogens with zero attached hydrogens (tertiary/aromatic N) is 2. The zero-order chi connectivity index (χ0) is 22.7. The molecular formula is C25H16F4N2O. The minimum atomic E-state index is -1.52. The van der Waals surface area contributed by atoms with Crippen molar-refractivity contribution >= 4 is 10.8 Å². The molecule has 0 N–H and O–H groups in total. The van der Waals surface area contributed by atoms with Gasteiger partial charge in [0.05, 0.1) is 24.6 Å². The van der Waals surface area contributed by atoms with E-state index in [4.69, 9.17) is 4.74 Å². The minimum Gasteiger partial charge on any atom is -0.490 e. The highest BCUT2D eigenvalue weighted by Gasteiger charge is 2.13. The average molecular weight is 436 g/mol. The molecule has 7 heteroatoms. The van der Waals surface area contributed by atoms with E-state index in [9.17, 15) is 17.6 Å². The molecule has 0 saturated carbocycles. The number of ether oxygens (including phenoxy) is 1. The summed E-state index contributed by atoms with van der Waals surface area (Å²) >= 11 is 0. The first-order chi connectivity index (χ1) is 15.5. The van der Waals surface area contributed by atoms with Gasteiger partial charge in [0, 0.05) is 16.5 Å². The third-order valence-corrected chi connectivity index (χ3v) is 4.64. The Morgan fingerprint density at radius 1 is 0.844 bits per heavy atom. The second-order valence-electron chi connectivity index (χ2n) is 6.96. The zero-order valence-corrected chi connectivity index (χ0v) is 16.9. The van der Waals surface area contributed by atoms with Crippen LogP contribution in [0.1, 0.15) is 24.5 Å². The number of halogens is 4. The van der Waals surface area contributed by atoms with Gasteiger partial charge >= 0.3 is 0 Å². The summed E-state index contributed by atoms with van der Waals surface area (Å²) in [5.74, 6) is 1.71. The summed E-state index contributed by atoms with van der Waals surface area (Å²) in [5.41, 5.74) is 1.01. The lowest BCUT2D eigenvalue weighted by molar-refractivity contribution is 0.315. The van der Waals surface area contributed by atoms with Crippen LogP contribution >= 0.6 is 0 Å². The van der Waals surface area contributed by atoms with E-state index in [-0.39, 0.29) is 16.3 Å². The molecule has 0 amide bonds. The van der Waals surface area contributed by atoms with Gasteiger partial charge in [-0.3, -0.25) is 0 Å².